The van der Waals surface area contributed by atoms with Gasteiger partial charge in [0.05, 0.1) is 31.9 Å². The zero-order chi connectivity index (χ0) is 21.6. The standard InChI is InChI=1S/C19H24N2O6S2/c1-12(22)21-15-10-14(7-9-17(15)28-5)29(23,24)20-11-13-6-8-16(25-2)19(27-4)18(13)26-3/h6-10,20H,11H2,1-5H3,(H,21,22). The third kappa shape index (κ3) is 5.34. The normalized spacial score (nSPS) is 11.1. The number of thioether (sulfide) groups is 1. The van der Waals surface area contributed by atoms with Crippen LogP contribution >= 0.6 is 11.8 Å². The van der Waals surface area contributed by atoms with Gasteiger partial charge in [0.25, 0.3) is 0 Å². The summed E-state index contributed by atoms with van der Waals surface area (Å²) >= 11 is 1.41. The molecule has 0 spiro atoms. The molecular weight excluding hydrogens is 416 g/mol. The number of hydrogen-bond donors (Lipinski definition) is 2. The molecule has 0 aliphatic rings. The number of carbonyl (C=O) groups is 1. The summed E-state index contributed by atoms with van der Waals surface area (Å²) in [6.45, 7) is 1.35. The van der Waals surface area contributed by atoms with Gasteiger partial charge in [0.15, 0.2) is 11.5 Å². The zero-order valence-electron chi connectivity index (χ0n) is 16.9. The van der Waals surface area contributed by atoms with Crippen LogP contribution in [0.2, 0.25) is 0 Å². The molecule has 0 atom stereocenters. The summed E-state index contributed by atoms with van der Waals surface area (Å²) in [5.41, 5.74) is 1.02. The third-order valence-electron chi connectivity index (χ3n) is 4.03. The molecule has 0 aliphatic carbocycles. The maximum atomic E-state index is 12.8. The van der Waals surface area contributed by atoms with Crippen LogP contribution in [0.15, 0.2) is 40.1 Å². The first-order valence-corrected chi connectivity index (χ1v) is 11.2. The number of anilines is 1. The number of benzene rings is 2. The van der Waals surface area contributed by atoms with Crippen molar-refractivity contribution in [2.45, 2.75) is 23.3 Å². The van der Waals surface area contributed by atoms with Crippen LogP contribution in [0.4, 0.5) is 5.69 Å². The van der Waals surface area contributed by atoms with E-state index >= 15 is 0 Å². The fraction of sp³-hybridized carbons (Fsp3) is 0.316. The number of rotatable bonds is 9. The maximum absolute atomic E-state index is 12.8. The van der Waals surface area contributed by atoms with Crippen molar-refractivity contribution in [1.82, 2.24) is 4.72 Å². The number of hydrogen-bond acceptors (Lipinski definition) is 7. The lowest BCUT2D eigenvalue weighted by atomic mass is 10.1. The molecule has 10 heteroatoms. The summed E-state index contributed by atoms with van der Waals surface area (Å²) in [7, 11) is 0.610. The van der Waals surface area contributed by atoms with Crippen LogP contribution in [0.25, 0.3) is 0 Å². The van der Waals surface area contributed by atoms with E-state index in [2.05, 4.69) is 10.0 Å². The molecule has 0 aliphatic heterocycles. The Hall–Kier alpha value is -2.43. The molecule has 0 aromatic heterocycles. The fourth-order valence-electron chi connectivity index (χ4n) is 2.70. The molecule has 0 saturated carbocycles. The van der Waals surface area contributed by atoms with Crippen molar-refractivity contribution in [3.05, 3.63) is 35.9 Å². The lowest BCUT2D eigenvalue weighted by Gasteiger charge is -2.16. The highest BCUT2D eigenvalue weighted by molar-refractivity contribution is 7.98. The van der Waals surface area contributed by atoms with E-state index in [0.29, 0.717) is 28.5 Å². The molecule has 29 heavy (non-hydrogen) atoms. The van der Waals surface area contributed by atoms with Gasteiger partial charge >= 0.3 is 0 Å². The number of ether oxygens (including phenoxy) is 3. The van der Waals surface area contributed by atoms with E-state index < -0.39 is 10.0 Å². The molecule has 0 radical (unpaired) electrons. The SMILES string of the molecule is COc1ccc(CNS(=O)(=O)c2ccc(SC)c(NC(C)=O)c2)c(OC)c1OC. The Morgan fingerprint density at radius 2 is 1.72 bits per heavy atom. The zero-order valence-corrected chi connectivity index (χ0v) is 18.5. The van der Waals surface area contributed by atoms with Gasteiger partial charge in [-0.3, -0.25) is 4.79 Å². The van der Waals surface area contributed by atoms with Crippen LogP contribution in [0.1, 0.15) is 12.5 Å². The molecule has 0 unspecified atom stereocenters. The largest absolute Gasteiger partial charge is 0.493 e. The van der Waals surface area contributed by atoms with Gasteiger partial charge in [0.2, 0.25) is 21.7 Å². The molecule has 2 rings (SSSR count). The van der Waals surface area contributed by atoms with Gasteiger partial charge in [-0.15, -0.1) is 11.8 Å². The molecule has 2 aromatic rings. The van der Waals surface area contributed by atoms with Crippen LogP contribution in [0, 0.1) is 0 Å². The summed E-state index contributed by atoms with van der Waals surface area (Å²) in [4.78, 5) is 12.2. The van der Waals surface area contributed by atoms with E-state index in [4.69, 9.17) is 14.2 Å². The van der Waals surface area contributed by atoms with E-state index in [1.54, 1.807) is 18.2 Å². The van der Waals surface area contributed by atoms with E-state index in [1.165, 1.54) is 52.1 Å². The Kier molecular flexibility index (Phi) is 7.77. The van der Waals surface area contributed by atoms with Crippen LogP contribution in [0.3, 0.4) is 0 Å². The van der Waals surface area contributed by atoms with Crippen molar-refractivity contribution in [2.24, 2.45) is 0 Å². The number of nitrogens with one attached hydrogen (secondary N) is 2. The van der Waals surface area contributed by atoms with Crippen molar-refractivity contribution >= 4 is 33.4 Å². The Bertz CT molecular complexity index is 992. The smallest absolute Gasteiger partial charge is 0.240 e. The van der Waals surface area contributed by atoms with Gasteiger partial charge in [0, 0.05) is 23.9 Å². The van der Waals surface area contributed by atoms with E-state index in [0.717, 1.165) is 4.90 Å². The molecule has 2 aromatic carbocycles. The fourth-order valence-corrected chi connectivity index (χ4v) is 4.27. The first kappa shape index (κ1) is 22.9. The van der Waals surface area contributed by atoms with Gasteiger partial charge in [-0.2, -0.15) is 0 Å². The van der Waals surface area contributed by atoms with Crippen LogP contribution < -0.4 is 24.2 Å². The van der Waals surface area contributed by atoms with Crippen LogP contribution in [0.5, 0.6) is 17.2 Å². The van der Waals surface area contributed by atoms with Gasteiger partial charge in [0.1, 0.15) is 0 Å². The average Bonchev–Trinajstić information content (AvgIpc) is 2.70. The molecule has 1 amide bonds. The van der Waals surface area contributed by atoms with Crippen molar-refractivity contribution in [3.8, 4) is 17.2 Å². The highest BCUT2D eigenvalue weighted by Crippen LogP contribution is 2.39. The molecule has 0 heterocycles. The second kappa shape index (κ2) is 9.86. The van der Waals surface area contributed by atoms with Gasteiger partial charge in [-0.25, -0.2) is 13.1 Å². The van der Waals surface area contributed by atoms with E-state index in [-0.39, 0.29) is 17.3 Å². The van der Waals surface area contributed by atoms with Crippen molar-refractivity contribution in [1.29, 1.82) is 0 Å². The first-order chi connectivity index (χ1) is 13.8. The Labute approximate surface area is 175 Å². The van der Waals surface area contributed by atoms with Gasteiger partial charge < -0.3 is 19.5 Å². The van der Waals surface area contributed by atoms with Crippen molar-refractivity contribution < 1.29 is 27.4 Å². The minimum Gasteiger partial charge on any atom is -0.493 e. The minimum atomic E-state index is -3.84. The van der Waals surface area contributed by atoms with Crippen LogP contribution in [-0.4, -0.2) is 41.9 Å². The lowest BCUT2D eigenvalue weighted by molar-refractivity contribution is -0.114. The quantitative estimate of drug-likeness (QED) is 0.578. The summed E-state index contributed by atoms with van der Waals surface area (Å²) in [6.07, 6.45) is 1.84. The topological polar surface area (TPSA) is 103 Å². The second-order valence-corrected chi connectivity index (χ2v) is 8.48. The number of methoxy groups -OCH3 is 3. The van der Waals surface area contributed by atoms with Gasteiger partial charge in [-0.05, 0) is 30.5 Å². The average molecular weight is 441 g/mol. The maximum Gasteiger partial charge on any atom is 0.240 e. The van der Waals surface area contributed by atoms with Crippen LogP contribution in [-0.2, 0) is 21.4 Å². The Balaban J connectivity index is 2.32. The highest BCUT2D eigenvalue weighted by Gasteiger charge is 2.20. The summed E-state index contributed by atoms with van der Waals surface area (Å²) in [5.74, 6) is 0.955. The molecule has 0 saturated heterocycles. The number of sulfonamides is 1. The number of carbonyl (C=O) groups excluding carboxylic acids is 1. The highest BCUT2D eigenvalue weighted by atomic mass is 32.2. The van der Waals surface area contributed by atoms with E-state index in [9.17, 15) is 13.2 Å². The minimum absolute atomic E-state index is 0.0222. The monoisotopic (exact) mass is 440 g/mol. The molecule has 8 nitrogen and oxygen atoms in total. The van der Waals surface area contributed by atoms with Crippen molar-refractivity contribution in [2.75, 3.05) is 32.9 Å². The number of amides is 1. The first-order valence-electron chi connectivity index (χ1n) is 8.50. The van der Waals surface area contributed by atoms with Gasteiger partial charge in [-0.1, -0.05) is 6.07 Å². The summed E-state index contributed by atoms with van der Waals surface area (Å²) in [6, 6.07) is 7.95. The second-order valence-electron chi connectivity index (χ2n) is 5.86. The predicted octanol–water partition coefficient (Wildman–Crippen LogP) is 2.87. The molecule has 0 bridgehead atoms. The molecule has 0 fully saturated rings. The molecular formula is C19H24N2O6S2. The summed E-state index contributed by atoms with van der Waals surface area (Å²) in [5, 5.41) is 2.65. The summed E-state index contributed by atoms with van der Waals surface area (Å²) < 4.78 is 44.1. The molecule has 2 N–H and O–H groups in total. The van der Waals surface area contributed by atoms with Crippen molar-refractivity contribution in [3.63, 3.8) is 0 Å². The Morgan fingerprint density at radius 3 is 2.28 bits per heavy atom. The molecule has 158 valence electrons. The predicted molar refractivity (Wildman–Crippen MR) is 113 cm³/mol. The lowest BCUT2D eigenvalue weighted by Crippen LogP contribution is -2.24. The van der Waals surface area contributed by atoms with E-state index in [1.807, 2.05) is 6.26 Å². The third-order valence-corrected chi connectivity index (χ3v) is 6.23. The Morgan fingerprint density at radius 1 is 1.03 bits per heavy atom.